The number of hydrogen-bond acceptors (Lipinski definition) is 4. The third kappa shape index (κ3) is 4.14. The summed E-state index contributed by atoms with van der Waals surface area (Å²) in [5.74, 6) is 1.60. The Balaban J connectivity index is 1.64. The molecule has 152 valence electrons. The van der Waals surface area contributed by atoms with E-state index >= 15 is 0 Å². The van der Waals surface area contributed by atoms with E-state index in [9.17, 15) is 5.11 Å². The molecule has 0 radical (unpaired) electrons. The number of aliphatic hydroxyl groups is 1. The van der Waals surface area contributed by atoms with E-state index in [0.29, 0.717) is 17.2 Å². The highest BCUT2D eigenvalue weighted by Gasteiger charge is 2.24. The van der Waals surface area contributed by atoms with E-state index in [1.807, 2.05) is 85.4 Å². The lowest BCUT2D eigenvalue weighted by atomic mass is 10.0. The van der Waals surface area contributed by atoms with Gasteiger partial charge in [-0.05, 0) is 48.7 Å². The maximum Gasteiger partial charge on any atom is 0.287 e. The number of pyridine rings is 1. The summed E-state index contributed by atoms with van der Waals surface area (Å²) in [4.78, 5) is 0.444. The fourth-order valence-electron chi connectivity index (χ4n) is 3.24. The van der Waals surface area contributed by atoms with E-state index in [-0.39, 0.29) is 12.6 Å². The van der Waals surface area contributed by atoms with Crippen LogP contribution in [0.2, 0.25) is 0 Å². The lowest BCUT2D eigenvalue weighted by Gasteiger charge is -2.11. The van der Waals surface area contributed by atoms with Crippen LogP contribution in [-0.2, 0) is 6.54 Å². The smallest absolute Gasteiger partial charge is 0.287 e. The normalized spacial score (nSPS) is 13.0. The monoisotopic (exact) mass is 419 g/mol. The molecule has 5 nitrogen and oxygen atoms in total. The van der Waals surface area contributed by atoms with Crippen molar-refractivity contribution in [2.45, 2.75) is 20.4 Å². The van der Waals surface area contributed by atoms with Gasteiger partial charge in [0.2, 0.25) is 6.79 Å². The summed E-state index contributed by atoms with van der Waals surface area (Å²) < 4.78 is 12.6. The molecule has 3 aromatic rings. The van der Waals surface area contributed by atoms with Crippen molar-refractivity contribution in [2.75, 3.05) is 6.79 Å². The van der Waals surface area contributed by atoms with E-state index in [4.69, 9.17) is 21.7 Å². The molecule has 0 bridgehead atoms. The van der Waals surface area contributed by atoms with E-state index in [2.05, 4.69) is 5.32 Å². The molecule has 2 heterocycles. The van der Waals surface area contributed by atoms with Crippen LogP contribution >= 0.6 is 12.2 Å². The van der Waals surface area contributed by atoms with Gasteiger partial charge in [0.25, 0.3) is 5.70 Å². The first-order valence-corrected chi connectivity index (χ1v) is 10.1. The first kappa shape index (κ1) is 19.9. The van der Waals surface area contributed by atoms with E-state index < -0.39 is 0 Å². The molecule has 0 spiro atoms. The van der Waals surface area contributed by atoms with Gasteiger partial charge >= 0.3 is 0 Å². The molecule has 30 heavy (non-hydrogen) atoms. The van der Waals surface area contributed by atoms with Gasteiger partial charge in [-0.2, -0.15) is 4.57 Å². The summed E-state index contributed by atoms with van der Waals surface area (Å²) >= 11 is 5.69. The zero-order valence-electron chi connectivity index (χ0n) is 16.9. The van der Waals surface area contributed by atoms with Gasteiger partial charge in [0.05, 0.1) is 0 Å². The largest absolute Gasteiger partial charge is 0.502 e. The Morgan fingerprint density at radius 3 is 2.53 bits per heavy atom. The molecule has 1 aromatic heterocycles. The maximum atomic E-state index is 11.1. The topological polar surface area (TPSA) is 54.6 Å². The van der Waals surface area contributed by atoms with Gasteiger partial charge in [-0.3, -0.25) is 0 Å². The van der Waals surface area contributed by atoms with Crippen molar-refractivity contribution in [3.05, 3.63) is 89.2 Å². The summed E-state index contributed by atoms with van der Waals surface area (Å²) in [5, 5.41) is 14.4. The maximum absolute atomic E-state index is 11.1. The Hall–Kier alpha value is -3.38. The predicted molar refractivity (Wildman–Crippen MR) is 120 cm³/mol. The van der Waals surface area contributed by atoms with Crippen LogP contribution in [0.4, 0.5) is 0 Å². The number of hydrogen-bond donors (Lipinski definition) is 2. The molecule has 2 aromatic carbocycles. The minimum atomic E-state index is 0.123. The van der Waals surface area contributed by atoms with Crippen LogP contribution in [0.1, 0.15) is 22.3 Å². The quantitative estimate of drug-likeness (QED) is 0.279. The van der Waals surface area contributed by atoms with Crippen LogP contribution in [0.3, 0.4) is 0 Å². The number of nitrogens with zero attached hydrogens (tertiary/aromatic N) is 1. The second-order valence-corrected chi connectivity index (χ2v) is 7.56. The standard InChI is InChI=1S/C24H22N2O3S/c1-16-6-8-19(12-17(16)2)23(27)22(26-10-4-3-5-11-26)24(30)25-14-18-7-9-20-21(13-18)29-15-28-20/h3-13H,14-15H2,1-2H3,(H-,25,27,30)/p+1. The number of thiocarbonyl (C=S) groups is 1. The van der Waals surface area contributed by atoms with Crippen molar-refractivity contribution in [1.82, 2.24) is 5.32 Å². The highest BCUT2D eigenvalue weighted by Crippen LogP contribution is 2.32. The second kappa shape index (κ2) is 8.55. The summed E-state index contributed by atoms with van der Waals surface area (Å²) in [5.41, 5.74) is 4.52. The summed E-state index contributed by atoms with van der Waals surface area (Å²) in [6.45, 7) is 4.81. The third-order valence-electron chi connectivity index (χ3n) is 5.08. The first-order valence-electron chi connectivity index (χ1n) is 9.67. The Labute approximate surface area is 181 Å². The molecule has 0 fully saturated rings. The fourth-order valence-corrected chi connectivity index (χ4v) is 3.51. The van der Waals surface area contributed by atoms with E-state index in [0.717, 1.165) is 28.2 Å². The molecule has 6 heteroatoms. The number of aromatic nitrogens is 1. The predicted octanol–water partition coefficient (Wildman–Crippen LogP) is 4.32. The number of rotatable bonds is 5. The number of benzene rings is 2. The van der Waals surface area contributed by atoms with Crippen molar-refractivity contribution in [3.8, 4) is 11.5 Å². The van der Waals surface area contributed by atoms with Gasteiger partial charge in [-0.1, -0.05) is 36.5 Å². The number of aliphatic hydroxyl groups excluding tert-OH is 1. The van der Waals surface area contributed by atoms with Gasteiger partial charge in [-0.15, -0.1) is 0 Å². The van der Waals surface area contributed by atoms with Crippen LogP contribution in [0, 0.1) is 13.8 Å². The third-order valence-corrected chi connectivity index (χ3v) is 5.42. The van der Waals surface area contributed by atoms with E-state index in [1.165, 1.54) is 5.56 Å². The summed E-state index contributed by atoms with van der Waals surface area (Å²) in [6.07, 6.45) is 3.72. The van der Waals surface area contributed by atoms with Crippen molar-refractivity contribution in [2.24, 2.45) is 0 Å². The van der Waals surface area contributed by atoms with Crippen molar-refractivity contribution >= 4 is 28.7 Å². The number of fused-ring (bicyclic) bond motifs is 1. The zero-order chi connectivity index (χ0) is 21.1. The number of nitrogens with one attached hydrogen (secondary N) is 1. The molecule has 1 aliphatic rings. The van der Waals surface area contributed by atoms with Crippen LogP contribution in [-0.4, -0.2) is 16.9 Å². The minimum Gasteiger partial charge on any atom is -0.502 e. The van der Waals surface area contributed by atoms with Gasteiger partial charge in [0.15, 0.2) is 34.6 Å². The molecule has 2 N–H and O–H groups in total. The molecular weight excluding hydrogens is 396 g/mol. The second-order valence-electron chi connectivity index (χ2n) is 7.15. The Bertz CT molecular complexity index is 1130. The van der Waals surface area contributed by atoms with Crippen LogP contribution < -0.4 is 19.4 Å². The molecule has 0 atom stereocenters. The summed E-state index contributed by atoms with van der Waals surface area (Å²) in [7, 11) is 0. The first-order chi connectivity index (χ1) is 14.5. The van der Waals surface area contributed by atoms with Crippen LogP contribution in [0.5, 0.6) is 11.5 Å². The van der Waals surface area contributed by atoms with Gasteiger partial charge < -0.3 is 19.9 Å². The minimum absolute atomic E-state index is 0.123. The molecule has 4 rings (SSSR count). The van der Waals surface area contributed by atoms with Crippen molar-refractivity contribution in [1.29, 1.82) is 0 Å². The molecule has 0 amide bonds. The Morgan fingerprint density at radius 2 is 1.77 bits per heavy atom. The molecule has 0 aliphatic carbocycles. The lowest BCUT2D eigenvalue weighted by molar-refractivity contribution is -0.576. The van der Waals surface area contributed by atoms with Crippen molar-refractivity contribution < 1.29 is 19.1 Å². The van der Waals surface area contributed by atoms with Gasteiger partial charge in [-0.25, -0.2) is 0 Å². The zero-order valence-corrected chi connectivity index (χ0v) is 17.7. The Morgan fingerprint density at radius 1 is 1.00 bits per heavy atom. The molecule has 0 unspecified atom stereocenters. The lowest BCUT2D eigenvalue weighted by Crippen LogP contribution is -2.40. The SMILES string of the molecule is Cc1ccc(/C(O)=C(/C(=S)NCc2ccc3c(c2)OCO3)[n+]2ccccc2)cc1C. The highest BCUT2D eigenvalue weighted by atomic mass is 32.1. The molecule has 0 saturated heterocycles. The average Bonchev–Trinajstić information content (AvgIpc) is 3.23. The van der Waals surface area contributed by atoms with Crippen LogP contribution in [0.15, 0.2) is 67.0 Å². The number of ether oxygens (including phenoxy) is 2. The van der Waals surface area contributed by atoms with Gasteiger partial charge in [0.1, 0.15) is 0 Å². The van der Waals surface area contributed by atoms with Crippen molar-refractivity contribution in [3.63, 3.8) is 0 Å². The molecule has 0 saturated carbocycles. The van der Waals surface area contributed by atoms with Crippen LogP contribution in [0.25, 0.3) is 11.5 Å². The van der Waals surface area contributed by atoms with E-state index in [1.54, 1.807) is 0 Å². The highest BCUT2D eigenvalue weighted by molar-refractivity contribution is 7.81. The average molecular weight is 420 g/mol. The fraction of sp³-hybridized carbons (Fsp3) is 0.167. The molecular formula is C24H23N2O3S+. The Kier molecular flexibility index (Phi) is 5.68. The molecule has 1 aliphatic heterocycles. The number of aryl methyl sites for hydroxylation is 2. The summed E-state index contributed by atoms with van der Waals surface area (Å²) in [6, 6.07) is 17.4. The van der Waals surface area contributed by atoms with Gasteiger partial charge in [0, 0.05) is 24.2 Å².